The maximum absolute atomic E-state index is 14.9. The Hall–Kier alpha value is -4.47. The third-order valence-corrected chi connectivity index (χ3v) is 5.47. The Bertz CT molecular complexity index is 1530. The second kappa shape index (κ2) is 8.47. The number of rotatable bonds is 6. The first-order chi connectivity index (χ1) is 16.5. The summed E-state index contributed by atoms with van der Waals surface area (Å²) in [5, 5.41) is 8.94. The van der Waals surface area contributed by atoms with Gasteiger partial charge in [-0.3, -0.25) is 9.48 Å². The Labute approximate surface area is 192 Å². The number of nitrogens with zero attached hydrogens (tertiary/aromatic N) is 6. The fourth-order valence-electron chi connectivity index (χ4n) is 3.95. The summed E-state index contributed by atoms with van der Waals surface area (Å²) in [6, 6.07) is 8.82. The molecule has 0 fully saturated rings. The van der Waals surface area contributed by atoms with Crippen molar-refractivity contribution < 1.29 is 18.3 Å². The lowest BCUT2D eigenvalue weighted by molar-refractivity contribution is 0.0988. The molecule has 0 amide bonds. The van der Waals surface area contributed by atoms with E-state index in [4.69, 9.17) is 4.74 Å². The third-order valence-electron chi connectivity index (χ3n) is 5.47. The Morgan fingerprint density at radius 1 is 1.09 bits per heavy atom. The van der Waals surface area contributed by atoms with Crippen molar-refractivity contribution in [1.82, 2.24) is 29.5 Å². The molecule has 0 atom stereocenters. The molecule has 0 spiro atoms. The van der Waals surface area contributed by atoms with E-state index in [0.29, 0.717) is 22.2 Å². The van der Waals surface area contributed by atoms with Gasteiger partial charge in [-0.15, -0.1) is 0 Å². The van der Waals surface area contributed by atoms with E-state index in [9.17, 15) is 13.6 Å². The summed E-state index contributed by atoms with van der Waals surface area (Å²) >= 11 is 0. The molecule has 0 bridgehead atoms. The molecular formula is C24H18F2N6O2. The van der Waals surface area contributed by atoms with Crippen molar-refractivity contribution in [3.05, 3.63) is 84.1 Å². The monoisotopic (exact) mass is 460 g/mol. The zero-order valence-electron chi connectivity index (χ0n) is 18.2. The van der Waals surface area contributed by atoms with Crippen molar-refractivity contribution in [3.8, 4) is 22.8 Å². The average molecular weight is 460 g/mol. The first-order valence-electron chi connectivity index (χ1n) is 10.3. The first kappa shape index (κ1) is 21.4. The molecule has 8 nitrogen and oxygen atoms in total. The van der Waals surface area contributed by atoms with Crippen LogP contribution in [-0.2, 0) is 13.5 Å². The van der Waals surface area contributed by atoms with Crippen LogP contribution in [0.1, 0.15) is 16.1 Å². The minimum Gasteiger partial charge on any atom is -0.496 e. The number of aromatic nitrogens is 6. The van der Waals surface area contributed by atoms with Gasteiger partial charge >= 0.3 is 0 Å². The number of benzene rings is 2. The number of hydrogen-bond acceptors (Lipinski definition) is 6. The lowest BCUT2D eigenvalue weighted by Gasteiger charge is -2.12. The summed E-state index contributed by atoms with van der Waals surface area (Å²) in [7, 11) is 3.05. The summed E-state index contributed by atoms with van der Waals surface area (Å²) in [4.78, 5) is 21.6. The number of halogens is 2. The highest BCUT2D eigenvalue weighted by atomic mass is 19.1. The Morgan fingerprint density at radius 2 is 1.94 bits per heavy atom. The molecule has 5 rings (SSSR count). The SMILES string of the molecule is COc1cccc(F)c1-c1nccc(C(=O)Cc2cc(F)c3c(cnn3C)c2-n2cccn2)n1. The summed E-state index contributed by atoms with van der Waals surface area (Å²) in [5.41, 5.74) is 1.38. The van der Waals surface area contributed by atoms with Gasteiger partial charge in [0.15, 0.2) is 11.6 Å². The molecule has 0 aliphatic rings. The van der Waals surface area contributed by atoms with Crippen LogP contribution in [0.15, 0.2) is 61.2 Å². The topological polar surface area (TPSA) is 87.7 Å². The number of carbonyl (C=O) groups is 1. The lowest BCUT2D eigenvalue weighted by atomic mass is 10.0. The van der Waals surface area contributed by atoms with Crippen molar-refractivity contribution in [3.63, 3.8) is 0 Å². The van der Waals surface area contributed by atoms with Crippen molar-refractivity contribution in [1.29, 1.82) is 0 Å². The fourth-order valence-corrected chi connectivity index (χ4v) is 3.95. The quantitative estimate of drug-likeness (QED) is 0.357. The molecule has 0 aliphatic carbocycles. The number of carbonyl (C=O) groups excluding carboxylic acids is 1. The Morgan fingerprint density at radius 3 is 2.71 bits per heavy atom. The molecule has 0 saturated carbocycles. The van der Waals surface area contributed by atoms with Crippen LogP contribution in [0, 0.1) is 11.6 Å². The van der Waals surface area contributed by atoms with Crippen LogP contribution in [0.25, 0.3) is 28.0 Å². The molecule has 2 aromatic carbocycles. The second-order valence-electron chi connectivity index (χ2n) is 7.53. The van der Waals surface area contributed by atoms with Gasteiger partial charge in [-0.1, -0.05) is 6.07 Å². The second-order valence-corrected chi connectivity index (χ2v) is 7.53. The average Bonchev–Trinajstić information content (AvgIpc) is 3.49. The van der Waals surface area contributed by atoms with E-state index in [1.54, 1.807) is 36.3 Å². The van der Waals surface area contributed by atoms with Crippen LogP contribution in [-0.4, -0.2) is 42.4 Å². The number of ketones is 1. The largest absolute Gasteiger partial charge is 0.496 e. The summed E-state index contributed by atoms with van der Waals surface area (Å²) < 4.78 is 37.7. The van der Waals surface area contributed by atoms with Gasteiger partial charge in [0.1, 0.15) is 28.6 Å². The van der Waals surface area contributed by atoms with Crippen LogP contribution < -0.4 is 4.74 Å². The molecule has 3 aromatic heterocycles. The van der Waals surface area contributed by atoms with Crippen molar-refractivity contribution in [2.45, 2.75) is 6.42 Å². The molecule has 0 radical (unpaired) electrons. The molecule has 3 heterocycles. The minimum absolute atomic E-state index is 0.0157. The number of methoxy groups -OCH3 is 1. The molecule has 10 heteroatoms. The van der Waals surface area contributed by atoms with E-state index in [1.165, 1.54) is 48.5 Å². The van der Waals surface area contributed by atoms with E-state index < -0.39 is 17.4 Å². The number of fused-ring (bicyclic) bond motifs is 1. The Kier molecular flexibility index (Phi) is 5.33. The molecule has 0 aliphatic heterocycles. The smallest absolute Gasteiger partial charge is 0.185 e. The van der Waals surface area contributed by atoms with E-state index in [-0.39, 0.29) is 29.3 Å². The van der Waals surface area contributed by atoms with Gasteiger partial charge in [0, 0.05) is 37.4 Å². The summed E-state index contributed by atoms with van der Waals surface area (Å²) in [6.07, 6.45) is 6.05. The molecule has 5 aromatic rings. The number of hydrogen-bond donors (Lipinski definition) is 0. The van der Waals surface area contributed by atoms with Gasteiger partial charge in [0.2, 0.25) is 0 Å². The number of Topliss-reactive ketones (excluding diaryl/α,β-unsaturated/α-hetero) is 1. The first-order valence-corrected chi connectivity index (χ1v) is 10.3. The maximum Gasteiger partial charge on any atom is 0.185 e. The van der Waals surface area contributed by atoms with Crippen LogP contribution in [0.3, 0.4) is 0 Å². The zero-order chi connectivity index (χ0) is 23.8. The Balaban J connectivity index is 1.57. The highest BCUT2D eigenvalue weighted by Gasteiger charge is 2.22. The van der Waals surface area contributed by atoms with Crippen LogP contribution in [0.2, 0.25) is 0 Å². The molecule has 34 heavy (non-hydrogen) atoms. The molecule has 170 valence electrons. The van der Waals surface area contributed by atoms with E-state index in [0.717, 1.165) is 0 Å². The number of ether oxygens (including phenoxy) is 1. The predicted molar refractivity (Wildman–Crippen MR) is 120 cm³/mol. The molecule has 0 saturated heterocycles. The predicted octanol–water partition coefficient (Wildman–Crippen LogP) is 3.93. The van der Waals surface area contributed by atoms with Gasteiger partial charge in [-0.05, 0) is 35.9 Å². The van der Waals surface area contributed by atoms with E-state index in [2.05, 4.69) is 20.2 Å². The standard InChI is InChI=1S/C24H18F2N6O2/c1-31-23-15(13-29-31)22(32-10-4-8-28-32)14(11-17(23)26)12-19(33)18-7-9-27-24(30-18)21-16(25)5-3-6-20(21)34-2/h3-11,13H,12H2,1-2H3. The summed E-state index contributed by atoms with van der Waals surface area (Å²) in [6.45, 7) is 0. The van der Waals surface area contributed by atoms with Crippen molar-refractivity contribution in [2.75, 3.05) is 7.11 Å². The lowest BCUT2D eigenvalue weighted by Crippen LogP contribution is -2.11. The van der Waals surface area contributed by atoms with E-state index in [1.807, 2.05) is 0 Å². The van der Waals surface area contributed by atoms with Crippen LogP contribution in [0.5, 0.6) is 5.75 Å². The van der Waals surface area contributed by atoms with Gasteiger partial charge < -0.3 is 4.74 Å². The molecule has 0 N–H and O–H groups in total. The van der Waals surface area contributed by atoms with Crippen molar-refractivity contribution in [2.24, 2.45) is 7.05 Å². The minimum atomic E-state index is -0.575. The fraction of sp³-hybridized carbons (Fsp3) is 0.125. The van der Waals surface area contributed by atoms with Crippen LogP contribution in [0.4, 0.5) is 8.78 Å². The van der Waals surface area contributed by atoms with Crippen molar-refractivity contribution >= 4 is 16.7 Å². The van der Waals surface area contributed by atoms with Gasteiger partial charge in [0.05, 0.1) is 24.6 Å². The van der Waals surface area contributed by atoms with Gasteiger partial charge in [-0.25, -0.2) is 23.4 Å². The third kappa shape index (κ3) is 3.58. The van der Waals surface area contributed by atoms with E-state index >= 15 is 0 Å². The zero-order valence-corrected chi connectivity index (χ0v) is 18.2. The summed E-state index contributed by atoms with van der Waals surface area (Å²) in [5.74, 6) is -1.21. The number of aryl methyl sites for hydroxylation is 1. The highest BCUT2D eigenvalue weighted by Crippen LogP contribution is 2.31. The van der Waals surface area contributed by atoms with Gasteiger partial charge in [-0.2, -0.15) is 10.2 Å². The molecular weight excluding hydrogens is 442 g/mol. The highest BCUT2D eigenvalue weighted by molar-refractivity contribution is 5.98. The normalized spacial score (nSPS) is 11.2. The maximum atomic E-state index is 14.9. The molecule has 0 unspecified atom stereocenters. The van der Waals surface area contributed by atoms with Crippen LogP contribution >= 0.6 is 0 Å². The van der Waals surface area contributed by atoms with Gasteiger partial charge in [0.25, 0.3) is 0 Å².